The van der Waals surface area contributed by atoms with E-state index in [1.54, 1.807) is 0 Å². The molecule has 0 saturated heterocycles. The molecule has 0 aromatic carbocycles. The van der Waals surface area contributed by atoms with Crippen LogP contribution in [0, 0.1) is 0 Å². The zero-order valence-corrected chi connectivity index (χ0v) is 8.91. The number of fused-ring (bicyclic) bond motifs is 1. The molecule has 3 heteroatoms. The van der Waals surface area contributed by atoms with Crippen molar-refractivity contribution in [3.8, 4) is 0 Å². The number of rotatable bonds is 1. The Morgan fingerprint density at radius 3 is 2.69 bits per heavy atom. The van der Waals surface area contributed by atoms with Gasteiger partial charge in [0.15, 0.2) is 5.13 Å². The Bertz CT molecular complexity index is 255. The third-order valence-electron chi connectivity index (χ3n) is 2.56. The van der Waals surface area contributed by atoms with Crippen molar-refractivity contribution in [1.29, 1.82) is 0 Å². The van der Waals surface area contributed by atoms with Crippen LogP contribution in [0.2, 0.25) is 0 Å². The molecule has 0 radical (unpaired) electrons. The van der Waals surface area contributed by atoms with Gasteiger partial charge in [0.05, 0.1) is 5.69 Å². The largest absolute Gasteiger partial charge is 0.365 e. The van der Waals surface area contributed by atoms with Crippen LogP contribution >= 0.6 is 11.3 Å². The van der Waals surface area contributed by atoms with Crippen molar-refractivity contribution >= 4 is 16.5 Å². The van der Waals surface area contributed by atoms with Gasteiger partial charge in [-0.05, 0) is 25.7 Å². The van der Waals surface area contributed by atoms with E-state index in [9.17, 15) is 0 Å². The van der Waals surface area contributed by atoms with Crippen molar-refractivity contribution in [2.75, 3.05) is 12.4 Å². The molecule has 2 rings (SSSR count). The van der Waals surface area contributed by atoms with Crippen molar-refractivity contribution in [2.24, 2.45) is 0 Å². The Labute approximate surface area is 83.4 Å². The van der Waals surface area contributed by atoms with Gasteiger partial charge >= 0.3 is 0 Å². The molecular formula is C10H16N2S. The number of thiazole rings is 1. The Morgan fingerprint density at radius 1 is 1.15 bits per heavy atom. The van der Waals surface area contributed by atoms with Gasteiger partial charge in [0.1, 0.15) is 0 Å². The minimum atomic E-state index is 1.09. The number of hydrogen-bond acceptors (Lipinski definition) is 3. The number of nitrogens with zero attached hydrogens (tertiary/aromatic N) is 1. The molecule has 0 saturated carbocycles. The van der Waals surface area contributed by atoms with Crippen molar-refractivity contribution in [2.45, 2.75) is 38.5 Å². The highest BCUT2D eigenvalue weighted by Crippen LogP contribution is 2.27. The molecule has 0 unspecified atom stereocenters. The van der Waals surface area contributed by atoms with Crippen LogP contribution in [0.15, 0.2) is 0 Å². The van der Waals surface area contributed by atoms with Gasteiger partial charge in [-0.2, -0.15) is 0 Å². The lowest BCUT2D eigenvalue weighted by atomic mass is 10.0. The molecule has 0 bridgehead atoms. The molecule has 1 N–H and O–H groups in total. The first kappa shape index (κ1) is 9.00. The Balaban J connectivity index is 2.21. The summed E-state index contributed by atoms with van der Waals surface area (Å²) in [7, 11) is 1.95. The summed E-state index contributed by atoms with van der Waals surface area (Å²) in [5.41, 5.74) is 1.36. The molecular weight excluding hydrogens is 180 g/mol. The van der Waals surface area contributed by atoms with Crippen LogP contribution < -0.4 is 5.32 Å². The molecule has 72 valence electrons. The average molecular weight is 196 g/mol. The Morgan fingerprint density at radius 2 is 1.92 bits per heavy atom. The number of hydrogen-bond donors (Lipinski definition) is 1. The second-order valence-electron chi connectivity index (χ2n) is 3.55. The van der Waals surface area contributed by atoms with Crippen molar-refractivity contribution in [3.05, 3.63) is 10.6 Å². The third-order valence-corrected chi connectivity index (χ3v) is 3.73. The fourth-order valence-corrected chi connectivity index (χ4v) is 2.82. The smallest absolute Gasteiger partial charge is 0.182 e. The zero-order chi connectivity index (χ0) is 9.10. The first-order valence-corrected chi connectivity index (χ1v) is 5.88. The molecule has 0 atom stereocenters. The van der Waals surface area contributed by atoms with E-state index in [4.69, 9.17) is 0 Å². The topological polar surface area (TPSA) is 24.9 Å². The van der Waals surface area contributed by atoms with Gasteiger partial charge in [-0.25, -0.2) is 4.98 Å². The number of aromatic nitrogens is 1. The van der Waals surface area contributed by atoms with Crippen LogP contribution in [-0.2, 0) is 12.8 Å². The lowest BCUT2D eigenvalue weighted by molar-refractivity contribution is 0.616. The summed E-state index contributed by atoms with van der Waals surface area (Å²) >= 11 is 1.84. The maximum atomic E-state index is 4.58. The molecule has 0 amide bonds. The second-order valence-corrected chi connectivity index (χ2v) is 4.64. The molecule has 1 aromatic heterocycles. The number of aryl methyl sites for hydroxylation is 2. The van der Waals surface area contributed by atoms with Crippen molar-refractivity contribution in [3.63, 3.8) is 0 Å². The van der Waals surface area contributed by atoms with Gasteiger partial charge in [-0.15, -0.1) is 11.3 Å². The minimum Gasteiger partial charge on any atom is -0.365 e. The highest BCUT2D eigenvalue weighted by atomic mass is 32.1. The molecule has 2 nitrogen and oxygen atoms in total. The van der Waals surface area contributed by atoms with Gasteiger partial charge in [0, 0.05) is 11.9 Å². The van der Waals surface area contributed by atoms with Gasteiger partial charge in [-0.1, -0.05) is 12.8 Å². The fourth-order valence-electron chi connectivity index (χ4n) is 1.81. The first-order valence-electron chi connectivity index (χ1n) is 5.06. The zero-order valence-electron chi connectivity index (χ0n) is 8.10. The quantitative estimate of drug-likeness (QED) is 0.747. The molecule has 0 spiro atoms. The van der Waals surface area contributed by atoms with Gasteiger partial charge in [0.25, 0.3) is 0 Å². The van der Waals surface area contributed by atoms with Gasteiger partial charge in [-0.3, -0.25) is 0 Å². The van der Waals surface area contributed by atoms with Gasteiger partial charge < -0.3 is 5.32 Å². The summed E-state index contributed by atoms with van der Waals surface area (Å²) in [5, 5.41) is 4.22. The highest BCUT2D eigenvalue weighted by Gasteiger charge is 2.11. The Kier molecular flexibility index (Phi) is 2.83. The van der Waals surface area contributed by atoms with E-state index in [0.717, 1.165) is 5.13 Å². The van der Waals surface area contributed by atoms with E-state index >= 15 is 0 Å². The SMILES string of the molecule is CNc1nc2c(s1)CCCCCC2. The lowest BCUT2D eigenvalue weighted by Gasteiger charge is -2.06. The molecule has 0 fully saturated rings. The summed E-state index contributed by atoms with van der Waals surface area (Å²) < 4.78 is 0. The standard InChI is InChI=1S/C10H16N2S/c1-11-10-12-8-6-4-2-3-5-7-9(8)13-10/h2-7H2,1H3,(H,11,12). The number of nitrogens with one attached hydrogen (secondary N) is 1. The summed E-state index contributed by atoms with van der Waals surface area (Å²) in [6.45, 7) is 0. The summed E-state index contributed by atoms with van der Waals surface area (Å²) in [6, 6.07) is 0. The van der Waals surface area contributed by atoms with Crippen LogP contribution in [0.4, 0.5) is 5.13 Å². The molecule has 1 aliphatic rings. The second kappa shape index (κ2) is 4.09. The van der Waals surface area contributed by atoms with E-state index in [0.29, 0.717) is 0 Å². The van der Waals surface area contributed by atoms with E-state index in [2.05, 4.69) is 10.3 Å². The number of anilines is 1. The van der Waals surface area contributed by atoms with E-state index < -0.39 is 0 Å². The average Bonchev–Trinajstić information content (AvgIpc) is 2.47. The van der Waals surface area contributed by atoms with Crippen LogP contribution in [0.3, 0.4) is 0 Å². The maximum absolute atomic E-state index is 4.58. The lowest BCUT2D eigenvalue weighted by Crippen LogP contribution is -1.96. The normalized spacial score (nSPS) is 17.3. The molecule has 1 aromatic rings. The predicted octanol–water partition coefficient (Wildman–Crippen LogP) is 2.84. The Hall–Kier alpha value is -0.570. The summed E-state index contributed by atoms with van der Waals surface area (Å²) in [6.07, 6.45) is 7.87. The van der Waals surface area contributed by atoms with Crippen molar-refractivity contribution < 1.29 is 0 Å². The predicted molar refractivity (Wildman–Crippen MR) is 57.5 cm³/mol. The van der Waals surface area contributed by atoms with Crippen LogP contribution in [0.5, 0.6) is 0 Å². The monoisotopic (exact) mass is 196 g/mol. The van der Waals surface area contributed by atoms with Crippen LogP contribution in [-0.4, -0.2) is 12.0 Å². The fraction of sp³-hybridized carbons (Fsp3) is 0.700. The van der Waals surface area contributed by atoms with E-state index in [-0.39, 0.29) is 0 Å². The van der Waals surface area contributed by atoms with Gasteiger partial charge in [0.2, 0.25) is 0 Å². The summed E-state index contributed by atoms with van der Waals surface area (Å²) in [5.74, 6) is 0. The third kappa shape index (κ3) is 2.02. The minimum absolute atomic E-state index is 1.09. The molecule has 1 heterocycles. The molecule has 0 aliphatic heterocycles. The van der Waals surface area contributed by atoms with Crippen molar-refractivity contribution in [1.82, 2.24) is 4.98 Å². The summed E-state index contributed by atoms with van der Waals surface area (Å²) in [4.78, 5) is 6.10. The maximum Gasteiger partial charge on any atom is 0.182 e. The van der Waals surface area contributed by atoms with Crippen LogP contribution in [0.1, 0.15) is 36.3 Å². The molecule has 1 aliphatic carbocycles. The first-order chi connectivity index (χ1) is 6.40. The highest BCUT2D eigenvalue weighted by molar-refractivity contribution is 7.15. The van der Waals surface area contributed by atoms with E-state index in [1.807, 2.05) is 18.4 Å². The van der Waals surface area contributed by atoms with Crippen LogP contribution in [0.25, 0.3) is 0 Å². The van der Waals surface area contributed by atoms with E-state index in [1.165, 1.54) is 49.1 Å². The molecule has 13 heavy (non-hydrogen) atoms.